The van der Waals surface area contributed by atoms with Crippen molar-refractivity contribution in [1.82, 2.24) is 9.55 Å². The first kappa shape index (κ1) is 16.7. The van der Waals surface area contributed by atoms with Gasteiger partial charge in [-0.3, -0.25) is 14.4 Å². The Morgan fingerprint density at radius 3 is 2.72 bits per heavy atom. The van der Waals surface area contributed by atoms with E-state index in [0.717, 1.165) is 9.95 Å². The molecule has 0 unspecified atom stereocenters. The Bertz CT molecular complexity index is 1050. The summed E-state index contributed by atoms with van der Waals surface area (Å²) in [5, 5.41) is 12.6. The maximum atomic E-state index is 12.4. The van der Waals surface area contributed by atoms with Gasteiger partial charge >= 0.3 is 5.97 Å². The summed E-state index contributed by atoms with van der Waals surface area (Å²) < 4.78 is 1.00. The third-order valence-electron chi connectivity index (χ3n) is 3.46. The molecule has 0 spiro atoms. The molecule has 3 rings (SSSR count). The molecule has 0 saturated carbocycles. The van der Waals surface area contributed by atoms with Gasteiger partial charge in [0.05, 0.1) is 11.2 Å². The number of anilines is 1. The Kier molecular flexibility index (Phi) is 4.49. The van der Waals surface area contributed by atoms with E-state index in [1.54, 1.807) is 30.3 Å². The van der Waals surface area contributed by atoms with Crippen molar-refractivity contribution < 1.29 is 14.7 Å². The summed E-state index contributed by atoms with van der Waals surface area (Å²) in [6, 6.07) is 11.0. The quantitative estimate of drug-likeness (QED) is 0.698. The third-order valence-corrected chi connectivity index (χ3v) is 3.67. The molecule has 8 heteroatoms. The second kappa shape index (κ2) is 6.74. The average Bonchev–Trinajstić information content (AvgIpc) is 2.57. The Morgan fingerprint density at radius 2 is 1.96 bits per heavy atom. The molecule has 2 N–H and O–H groups in total. The molecule has 0 bridgehead atoms. The fraction of sp³-hybridized carbons (Fsp3) is 0.0588. The average molecular weight is 358 g/mol. The predicted octanol–water partition coefficient (Wildman–Crippen LogP) is 2.39. The van der Waals surface area contributed by atoms with Crippen molar-refractivity contribution in [3.8, 4) is 0 Å². The smallest absolute Gasteiger partial charge is 0.323 e. The fourth-order valence-corrected chi connectivity index (χ4v) is 2.47. The summed E-state index contributed by atoms with van der Waals surface area (Å²) in [5.74, 6) is -1.54. The van der Waals surface area contributed by atoms with Crippen molar-refractivity contribution in [3.05, 3.63) is 69.7 Å². The Hall–Kier alpha value is -3.19. The van der Waals surface area contributed by atoms with Crippen LogP contribution < -0.4 is 10.9 Å². The van der Waals surface area contributed by atoms with Gasteiger partial charge in [0.25, 0.3) is 11.5 Å². The molecular formula is C17H12ClN3O4. The largest absolute Gasteiger partial charge is 0.480 e. The number of nitrogens with zero attached hydrogens (tertiary/aromatic N) is 2. The van der Waals surface area contributed by atoms with Crippen LogP contribution in [0, 0.1) is 0 Å². The number of hydrogen-bond acceptors (Lipinski definition) is 4. The van der Waals surface area contributed by atoms with Crippen molar-refractivity contribution in [3.63, 3.8) is 0 Å². The first-order valence-electron chi connectivity index (χ1n) is 7.22. The lowest BCUT2D eigenvalue weighted by atomic mass is 10.1. The molecule has 2 aromatic heterocycles. The maximum Gasteiger partial charge on any atom is 0.323 e. The lowest BCUT2D eigenvalue weighted by Gasteiger charge is -2.08. The van der Waals surface area contributed by atoms with Crippen LogP contribution in [0.3, 0.4) is 0 Å². The predicted molar refractivity (Wildman–Crippen MR) is 93.0 cm³/mol. The number of pyridine rings is 2. The van der Waals surface area contributed by atoms with Crippen LogP contribution in [-0.4, -0.2) is 26.5 Å². The number of carboxylic acid groups (broad SMARTS) is 1. The minimum absolute atomic E-state index is 0.320. The van der Waals surface area contributed by atoms with Crippen LogP contribution in [0.25, 0.3) is 10.9 Å². The molecule has 0 aliphatic heterocycles. The Balaban J connectivity index is 1.86. The van der Waals surface area contributed by atoms with E-state index in [1.165, 1.54) is 18.3 Å². The van der Waals surface area contributed by atoms with Crippen molar-refractivity contribution in [2.45, 2.75) is 6.54 Å². The minimum Gasteiger partial charge on any atom is -0.480 e. The minimum atomic E-state index is -1.15. The van der Waals surface area contributed by atoms with Gasteiger partial charge in [-0.25, -0.2) is 4.98 Å². The van der Waals surface area contributed by atoms with Gasteiger partial charge in [0, 0.05) is 23.2 Å². The Labute approximate surface area is 146 Å². The van der Waals surface area contributed by atoms with Crippen LogP contribution >= 0.6 is 11.6 Å². The number of amides is 1. The molecule has 7 nitrogen and oxygen atoms in total. The first-order valence-corrected chi connectivity index (χ1v) is 7.60. The van der Waals surface area contributed by atoms with Gasteiger partial charge in [0.1, 0.15) is 11.7 Å². The van der Waals surface area contributed by atoms with E-state index in [9.17, 15) is 14.4 Å². The molecule has 0 saturated heterocycles. The van der Waals surface area contributed by atoms with Gasteiger partial charge in [0.15, 0.2) is 0 Å². The van der Waals surface area contributed by atoms with Gasteiger partial charge in [0.2, 0.25) is 0 Å². The second-order valence-electron chi connectivity index (χ2n) is 5.27. The second-order valence-corrected chi connectivity index (χ2v) is 5.66. The van der Waals surface area contributed by atoms with E-state index in [2.05, 4.69) is 10.3 Å². The summed E-state index contributed by atoms with van der Waals surface area (Å²) >= 11 is 5.83. The fourth-order valence-electron chi connectivity index (χ4n) is 2.32. The number of carboxylic acids is 1. The summed E-state index contributed by atoms with van der Waals surface area (Å²) in [6.07, 6.45) is 1.29. The molecular weight excluding hydrogens is 346 g/mol. The number of nitrogens with one attached hydrogen (secondary N) is 1. The van der Waals surface area contributed by atoms with Gasteiger partial charge in [-0.2, -0.15) is 0 Å². The first-order chi connectivity index (χ1) is 11.9. The number of carbonyl (C=O) groups excluding carboxylic acids is 1. The molecule has 126 valence electrons. The van der Waals surface area contributed by atoms with Crippen molar-refractivity contribution >= 4 is 40.1 Å². The monoisotopic (exact) mass is 357 g/mol. The number of aliphatic carboxylic acids is 1. The third kappa shape index (κ3) is 3.84. The van der Waals surface area contributed by atoms with E-state index in [0.29, 0.717) is 21.9 Å². The standard InChI is InChI=1S/C17H12ClN3O4/c18-14-5-2-10-7-11(1-4-13(10)20-14)17(25)19-12-3-6-15(22)21(8-12)9-16(23)24/h1-8H,9H2,(H,19,25)(H,23,24). The van der Waals surface area contributed by atoms with Crippen LogP contribution in [0.1, 0.15) is 10.4 Å². The molecule has 1 aromatic carbocycles. The van der Waals surface area contributed by atoms with Crippen LogP contribution in [0.15, 0.2) is 53.5 Å². The lowest BCUT2D eigenvalue weighted by molar-refractivity contribution is -0.137. The summed E-state index contributed by atoms with van der Waals surface area (Å²) in [5.41, 5.74) is 0.918. The highest BCUT2D eigenvalue weighted by atomic mass is 35.5. The van der Waals surface area contributed by atoms with Gasteiger partial charge in [-0.15, -0.1) is 0 Å². The summed E-state index contributed by atoms with van der Waals surface area (Å²) in [7, 11) is 0. The van der Waals surface area contributed by atoms with E-state index >= 15 is 0 Å². The number of aromatic nitrogens is 2. The van der Waals surface area contributed by atoms with Crippen molar-refractivity contribution in [2.75, 3.05) is 5.32 Å². The van der Waals surface area contributed by atoms with Crippen LogP contribution in [0.5, 0.6) is 0 Å². The van der Waals surface area contributed by atoms with Crippen molar-refractivity contribution in [1.29, 1.82) is 0 Å². The van der Waals surface area contributed by atoms with Gasteiger partial charge in [-0.05, 0) is 36.4 Å². The normalized spacial score (nSPS) is 10.6. The van der Waals surface area contributed by atoms with E-state index < -0.39 is 24.0 Å². The summed E-state index contributed by atoms with van der Waals surface area (Å²) in [4.78, 5) is 38.9. The molecule has 0 fully saturated rings. The lowest BCUT2D eigenvalue weighted by Crippen LogP contribution is -2.24. The van der Waals surface area contributed by atoms with Crippen LogP contribution in [0.4, 0.5) is 5.69 Å². The number of hydrogen-bond donors (Lipinski definition) is 2. The van der Waals surface area contributed by atoms with Crippen LogP contribution in [0.2, 0.25) is 5.15 Å². The SMILES string of the molecule is O=C(O)Cn1cc(NC(=O)c2ccc3nc(Cl)ccc3c2)ccc1=O. The number of halogens is 1. The molecule has 3 aromatic rings. The van der Waals surface area contributed by atoms with Gasteiger partial charge < -0.3 is 15.0 Å². The van der Waals surface area contributed by atoms with Crippen molar-refractivity contribution in [2.24, 2.45) is 0 Å². The highest BCUT2D eigenvalue weighted by Crippen LogP contribution is 2.18. The number of rotatable bonds is 4. The highest BCUT2D eigenvalue weighted by molar-refractivity contribution is 6.29. The van der Waals surface area contributed by atoms with E-state index in [4.69, 9.17) is 16.7 Å². The number of fused-ring (bicyclic) bond motifs is 1. The van der Waals surface area contributed by atoms with Gasteiger partial charge in [-0.1, -0.05) is 11.6 Å². The molecule has 2 heterocycles. The number of carbonyl (C=O) groups is 2. The molecule has 0 radical (unpaired) electrons. The zero-order valence-electron chi connectivity index (χ0n) is 12.8. The number of benzene rings is 1. The zero-order chi connectivity index (χ0) is 18.0. The zero-order valence-corrected chi connectivity index (χ0v) is 13.5. The molecule has 0 atom stereocenters. The van der Waals surface area contributed by atoms with E-state index in [-0.39, 0.29) is 0 Å². The summed E-state index contributed by atoms with van der Waals surface area (Å²) in [6.45, 7) is -0.481. The maximum absolute atomic E-state index is 12.4. The highest BCUT2D eigenvalue weighted by Gasteiger charge is 2.09. The molecule has 25 heavy (non-hydrogen) atoms. The molecule has 0 aliphatic carbocycles. The molecule has 1 amide bonds. The van der Waals surface area contributed by atoms with E-state index in [1.807, 2.05) is 0 Å². The van der Waals surface area contributed by atoms with Crippen LogP contribution in [-0.2, 0) is 11.3 Å². The topological polar surface area (TPSA) is 101 Å². The molecule has 0 aliphatic rings. The Morgan fingerprint density at radius 1 is 1.16 bits per heavy atom.